The van der Waals surface area contributed by atoms with Gasteiger partial charge >= 0.3 is 0 Å². The highest BCUT2D eigenvalue weighted by atomic mass is 16.6. The van der Waals surface area contributed by atoms with E-state index < -0.39 is 4.92 Å². The van der Waals surface area contributed by atoms with Crippen LogP contribution in [0, 0.1) is 10.1 Å². The monoisotopic (exact) mass is 298 g/mol. The molecule has 0 aliphatic carbocycles. The van der Waals surface area contributed by atoms with Gasteiger partial charge in [0.15, 0.2) is 5.96 Å². The van der Waals surface area contributed by atoms with Crippen LogP contribution < -0.4 is 11.1 Å². The molecule has 114 valence electrons. The summed E-state index contributed by atoms with van der Waals surface area (Å²) in [7, 11) is 0. The molecule has 0 amide bonds. The second-order valence-electron chi connectivity index (χ2n) is 4.75. The van der Waals surface area contributed by atoms with Gasteiger partial charge in [0.1, 0.15) is 0 Å². The van der Waals surface area contributed by atoms with E-state index in [2.05, 4.69) is 10.3 Å². The number of benzene rings is 2. The molecule has 2 rings (SSSR count). The molecule has 0 radical (unpaired) electrons. The smallest absolute Gasteiger partial charge is 0.274 e. The van der Waals surface area contributed by atoms with Gasteiger partial charge in [0, 0.05) is 12.6 Å². The van der Waals surface area contributed by atoms with Crippen LogP contribution in [0.2, 0.25) is 0 Å². The third kappa shape index (κ3) is 4.59. The summed E-state index contributed by atoms with van der Waals surface area (Å²) in [6, 6.07) is 16.6. The third-order valence-electron chi connectivity index (χ3n) is 3.17. The van der Waals surface area contributed by atoms with Crippen molar-refractivity contribution in [2.45, 2.75) is 13.0 Å². The number of nitro benzene ring substituents is 1. The van der Waals surface area contributed by atoms with Crippen LogP contribution >= 0.6 is 0 Å². The molecule has 0 aliphatic rings. The van der Waals surface area contributed by atoms with Crippen molar-refractivity contribution < 1.29 is 4.92 Å². The van der Waals surface area contributed by atoms with Crippen molar-refractivity contribution in [3.63, 3.8) is 0 Å². The van der Waals surface area contributed by atoms with E-state index in [1.165, 1.54) is 11.6 Å². The molecule has 0 aromatic heterocycles. The molecular weight excluding hydrogens is 280 g/mol. The minimum Gasteiger partial charge on any atom is -0.370 e. The third-order valence-corrected chi connectivity index (χ3v) is 3.17. The maximum atomic E-state index is 10.9. The number of hydrogen-bond donors (Lipinski definition) is 2. The van der Waals surface area contributed by atoms with Crippen LogP contribution in [-0.2, 0) is 13.0 Å². The highest BCUT2D eigenvalue weighted by Crippen LogP contribution is 2.18. The van der Waals surface area contributed by atoms with Crippen LogP contribution in [0.3, 0.4) is 0 Å². The molecular formula is C16H18N4O2. The van der Waals surface area contributed by atoms with Gasteiger partial charge in [0.2, 0.25) is 0 Å². The molecule has 6 nitrogen and oxygen atoms in total. The maximum absolute atomic E-state index is 10.9. The van der Waals surface area contributed by atoms with Crippen molar-refractivity contribution in [2.24, 2.45) is 10.7 Å². The average Bonchev–Trinajstić information content (AvgIpc) is 2.54. The van der Waals surface area contributed by atoms with Crippen LogP contribution in [0.25, 0.3) is 0 Å². The summed E-state index contributed by atoms with van der Waals surface area (Å²) >= 11 is 0. The summed E-state index contributed by atoms with van der Waals surface area (Å²) in [6.45, 7) is 0.845. The summed E-state index contributed by atoms with van der Waals surface area (Å²) in [4.78, 5) is 14.6. The Bertz CT molecular complexity index is 656. The minimum absolute atomic E-state index is 0.0586. The van der Waals surface area contributed by atoms with Crippen LogP contribution in [0.5, 0.6) is 0 Å². The van der Waals surface area contributed by atoms with E-state index >= 15 is 0 Å². The number of nitro groups is 1. The number of nitrogens with one attached hydrogen (secondary N) is 1. The summed E-state index contributed by atoms with van der Waals surface area (Å²) in [6.07, 6.45) is 0.836. The zero-order valence-corrected chi connectivity index (χ0v) is 12.1. The Morgan fingerprint density at radius 3 is 2.55 bits per heavy atom. The van der Waals surface area contributed by atoms with Gasteiger partial charge in [-0.15, -0.1) is 0 Å². The lowest BCUT2D eigenvalue weighted by Gasteiger charge is -2.06. The maximum Gasteiger partial charge on any atom is 0.274 e. The van der Waals surface area contributed by atoms with Gasteiger partial charge < -0.3 is 11.1 Å². The van der Waals surface area contributed by atoms with Gasteiger partial charge in [-0.25, -0.2) is 4.99 Å². The van der Waals surface area contributed by atoms with Gasteiger partial charge in [-0.1, -0.05) is 48.5 Å². The highest BCUT2D eigenvalue weighted by Gasteiger charge is 2.11. The van der Waals surface area contributed by atoms with Crippen molar-refractivity contribution in [1.29, 1.82) is 0 Å². The largest absolute Gasteiger partial charge is 0.370 e. The average molecular weight is 298 g/mol. The van der Waals surface area contributed by atoms with Crippen molar-refractivity contribution in [2.75, 3.05) is 6.54 Å². The molecule has 0 unspecified atom stereocenters. The lowest BCUT2D eigenvalue weighted by atomic mass is 10.1. The number of guanidine groups is 1. The standard InChI is InChI=1S/C16H18N4O2/c17-16(18-11-10-13-6-2-1-3-7-13)19-12-14-8-4-5-9-15(14)20(21)22/h1-9H,10-12H2,(H3,17,18,19). The normalized spacial score (nSPS) is 11.2. The molecule has 0 spiro atoms. The van der Waals surface area contributed by atoms with Crippen molar-refractivity contribution in [3.8, 4) is 0 Å². The molecule has 0 aliphatic heterocycles. The van der Waals surface area contributed by atoms with E-state index in [0.29, 0.717) is 12.1 Å². The molecule has 0 saturated carbocycles. The Balaban J connectivity index is 1.86. The van der Waals surface area contributed by atoms with E-state index in [1.54, 1.807) is 18.2 Å². The molecule has 0 atom stereocenters. The predicted molar refractivity (Wildman–Crippen MR) is 86.6 cm³/mol. The predicted octanol–water partition coefficient (Wildman–Crippen LogP) is 2.24. The minimum atomic E-state index is -0.413. The SMILES string of the molecule is NC(=NCc1ccccc1[N+](=O)[O-])NCCc1ccccc1. The first-order valence-corrected chi connectivity index (χ1v) is 6.97. The number of aliphatic imine (C=N–C) groups is 1. The van der Waals surface area contributed by atoms with Crippen molar-refractivity contribution >= 4 is 11.6 Å². The van der Waals surface area contributed by atoms with Crippen LogP contribution in [0.1, 0.15) is 11.1 Å². The molecule has 6 heteroatoms. The van der Waals surface area contributed by atoms with Gasteiger partial charge in [-0.3, -0.25) is 10.1 Å². The summed E-state index contributed by atoms with van der Waals surface area (Å²) in [5.74, 6) is 0.286. The first-order chi connectivity index (χ1) is 10.7. The Morgan fingerprint density at radius 2 is 1.82 bits per heavy atom. The zero-order chi connectivity index (χ0) is 15.8. The number of hydrogen-bond acceptors (Lipinski definition) is 3. The molecule has 22 heavy (non-hydrogen) atoms. The van der Waals surface area contributed by atoms with Gasteiger partial charge in [0.05, 0.1) is 17.0 Å². The first-order valence-electron chi connectivity index (χ1n) is 6.97. The highest BCUT2D eigenvalue weighted by molar-refractivity contribution is 5.77. The van der Waals surface area contributed by atoms with Crippen molar-refractivity contribution in [3.05, 3.63) is 75.8 Å². The molecule has 2 aromatic rings. The van der Waals surface area contributed by atoms with E-state index in [1.807, 2.05) is 30.3 Å². The van der Waals surface area contributed by atoms with Crippen LogP contribution in [0.15, 0.2) is 59.6 Å². The molecule has 0 bridgehead atoms. The lowest BCUT2D eigenvalue weighted by molar-refractivity contribution is -0.385. The molecule has 2 aromatic carbocycles. The molecule has 3 N–H and O–H groups in total. The van der Waals surface area contributed by atoms with Crippen LogP contribution in [0.4, 0.5) is 5.69 Å². The fourth-order valence-corrected chi connectivity index (χ4v) is 2.03. The fourth-order valence-electron chi connectivity index (χ4n) is 2.03. The Labute approximate surface area is 128 Å². The Kier molecular flexibility index (Phi) is 5.48. The van der Waals surface area contributed by atoms with E-state index in [-0.39, 0.29) is 18.2 Å². The van der Waals surface area contributed by atoms with Gasteiger partial charge in [-0.2, -0.15) is 0 Å². The zero-order valence-electron chi connectivity index (χ0n) is 12.1. The van der Waals surface area contributed by atoms with Gasteiger partial charge in [0.25, 0.3) is 5.69 Å². The number of para-hydroxylation sites is 1. The second-order valence-corrected chi connectivity index (χ2v) is 4.75. The Hall–Kier alpha value is -2.89. The number of nitrogens with zero attached hydrogens (tertiary/aromatic N) is 2. The van der Waals surface area contributed by atoms with Gasteiger partial charge in [-0.05, 0) is 12.0 Å². The molecule has 0 fully saturated rings. The quantitative estimate of drug-likeness (QED) is 0.370. The van der Waals surface area contributed by atoms with E-state index in [9.17, 15) is 10.1 Å². The van der Waals surface area contributed by atoms with Crippen molar-refractivity contribution in [1.82, 2.24) is 5.32 Å². The number of nitrogens with two attached hydrogens (primary N) is 1. The van der Waals surface area contributed by atoms with E-state index in [0.717, 1.165) is 6.42 Å². The topological polar surface area (TPSA) is 93.5 Å². The summed E-state index contributed by atoms with van der Waals surface area (Å²) in [5.41, 5.74) is 7.59. The lowest BCUT2D eigenvalue weighted by Crippen LogP contribution is -2.33. The van der Waals surface area contributed by atoms with Crippen LogP contribution in [-0.4, -0.2) is 17.4 Å². The second kappa shape index (κ2) is 7.78. The molecule has 0 heterocycles. The van der Waals surface area contributed by atoms with E-state index in [4.69, 9.17) is 5.73 Å². The first kappa shape index (κ1) is 15.5. The Morgan fingerprint density at radius 1 is 1.14 bits per heavy atom. The summed E-state index contributed by atoms with van der Waals surface area (Å²) in [5, 5.41) is 13.9. The molecule has 0 saturated heterocycles. The number of rotatable bonds is 6. The summed E-state index contributed by atoms with van der Waals surface area (Å²) < 4.78 is 0. The fraction of sp³-hybridized carbons (Fsp3) is 0.188.